The zero-order valence-corrected chi connectivity index (χ0v) is 10.0. The average Bonchev–Trinajstić information content (AvgIpc) is 2.88. The second-order valence-corrected chi connectivity index (χ2v) is 5.16. The number of carbonyl (C=O) groups is 3. The van der Waals surface area contributed by atoms with Gasteiger partial charge in [0.15, 0.2) is 0 Å². The van der Waals surface area contributed by atoms with E-state index in [0.29, 0.717) is 17.2 Å². The maximum atomic E-state index is 11.9. The molecule has 2 rings (SSSR count). The number of carboxylic acid groups (broad SMARTS) is 2. The molecule has 0 aromatic carbocycles. The van der Waals surface area contributed by atoms with Gasteiger partial charge in [-0.25, -0.2) is 14.5 Å². The van der Waals surface area contributed by atoms with Crippen molar-refractivity contribution in [2.45, 2.75) is 44.6 Å². The summed E-state index contributed by atoms with van der Waals surface area (Å²) in [6.07, 6.45) is 3.72. The van der Waals surface area contributed by atoms with Gasteiger partial charge in [-0.3, -0.25) is 4.79 Å². The van der Waals surface area contributed by atoms with Gasteiger partial charge in [-0.05, 0) is 18.8 Å². The second kappa shape index (κ2) is 4.96. The van der Waals surface area contributed by atoms with Crippen molar-refractivity contribution < 1.29 is 24.6 Å². The van der Waals surface area contributed by atoms with Crippen LogP contribution in [0, 0.1) is 11.8 Å². The predicted octanol–water partition coefficient (Wildman–Crippen LogP) is 1.55. The van der Waals surface area contributed by atoms with Crippen LogP contribution in [0.1, 0.15) is 38.5 Å². The number of carbonyl (C=O) groups excluding carboxylic acids is 1. The number of nitrogens with zero attached hydrogens (tertiary/aromatic N) is 1. The van der Waals surface area contributed by atoms with Gasteiger partial charge >= 0.3 is 12.1 Å². The lowest BCUT2D eigenvalue weighted by molar-refractivity contribution is -0.145. The normalized spacial score (nSPS) is 28.9. The van der Waals surface area contributed by atoms with Crippen LogP contribution < -0.4 is 0 Å². The van der Waals surface area contributed by atoms with Gasteiger partial charge in [0.2, 0.25) is 5.91 Å². The van der Waals surface area contributed by atoms with E-state index >= 15 is 0 Å². The number of likely N-dealkylation sites (tertiary alicyclic amines) is 1. The Kier molecular flexibility index (Phi) is 3.54. The van der Waals surface area contributed by atoms with Crippen LogP contribution in [-0.2, 0) is 9.59 Å². The number of imide groups is 1. The van der Waals surface area contributed by atoms with E-state index in [9.17, 15) is 14.4 Å². The summed E-state index contributed by atoms with van der Waals surface area (Å²) in [7, 11) is 0. The third kappa shape index (κ3) is 2.32. The zero-order valence-electron chi connectivity index (χ0n) is 10.0. The van der Waals surface area contributed by atoms with Gasteiger partial charge in [-0.15, -0.1) is 0 Å². The van der Waals surface area contributed by atoms with Crippen molar-refractivity contribution in [1.29, 1.82) is 0 Å². The van der Waals surface area contributed by atoms with Crippen LogP contribution in [0.15, 0.2) is 0 Å². The molecule has 1 aliphatic heterocycles. The fraction of sp³-hybridized carbons (Fsp3) is 0.750. The molecule has 6 heteroatoms. The molecule has 100 valence electrons. The maximum absolute atomic E-state index is 11.9. The molecule has 0 aromatic rings. The number of rotatable bonds is 3. The fourth-order valence-corrected chi connectivity index (χ4v) is 3.11. The molecule has 0 radical (unpaired) electrons. The summed E-state index contributed by atoms with van der Waals surface area (Å²) in [5, 5.41) is 17.9. The molecule has 1 heterocycles. The minimum Gasteiger partial charge on any atom is -0.480 e. The van der Waals surface area contributed by atoms with Crippen LogP contribution in [-0.4, -0.2) is 39.1 Å². The minimum atomic E-state index is -1.46. The van der Waals surface area contributed by atoms with Crippen molar-refractivity contribution >= 4 is 18.0 Å². The third-order valence-corrected chi connectivity index (χ3v) is 3.99. The van der Waals surface area contributed by atoms with Crippen LogP contribution in [0.4, 0.5) is 4.79 Å². The van der Waals surface area contributed by atoms with Crippen LogP contribution in [0.3, 0.4) is 0 Å². The summed E-state index contributed by atoms with van der Waals surface area (Å²) < 4.78 is 0. The van der Waals surface area contributed by atoms with Crippen LogP contribution in [0.2, 0.25) is 0 Å². The quantitative estimate of drug-likeness (QED) is 0.797. The highest BCUT2D eigenvalue weighted by Gasteiger charge is 2.47. The number of hydrogen-bond acceptors (Lipinski definition) is 3. The molecule has 1 saturated carbocycles. The Bertz CT molecular complexity index is 375. The van der Waals surface area contributed by atoms with E-state index in [4.69, 9.17) is 10.2 Å². The first kappa shape index (κ1) is 12.9. The number of aliphatic carboxylic acids is 1. The van der Waals surface area contributed by atoms with E-state index in [1.807, 2.05) is 0 Å². The molecule has 2 amide bonds. The van der Waals surface area contributed by atoms with Crippen LogP contribution in [0.25, 0.3) is 0 Å². The monoisotopic (exact) mass is 255 g/mol. The lowest BCUT2D eigenvalue weighted by Gasteiger charge is -2.15. The summed E-state index contributed by atoms with van der Waals surface area (Å²) in [5.74, 6) is -1.77. The SMILES string of the molecule is O=C(O)[C@@H]1CC(CC2CCCC2)C(=O)N1C(=O)O. The molecular weight excluding hydrogens is 238 g/mol. The van der Waals surface area contributed by atoms with E-state index < -0.39 is 29.9 Å². The zero-order chi connectivity index (χ0) is 13.3. The lowest BCUT2D eigenvalue weighted by atomic mass is 9.91. The topological polar surface area (TPSA) is 94.9 Å². The van der Waals surface area contributed by atoms with Crippen LogP contribution in [0.5, 0.6) is 0 Å². The Morgan fingerprint density at radius 2 is 1.83 bits per heavy atom. The molecule has 18 heavy (non-hydrogen) atoms. The Morgan fingerprint density at radius 3 is 2.28 bits per heavy atom. The molecule has 2 atom stereocenters. The lowest BCUT2D eigenvalue weighted by Crippen LogP contribution is -2.42. The summed E-state index contributed by atoms with van der Waals surface area (Å²) in [6.45, 7) is 0. The third-order valence-electron chi connectivity index (χ3n) is 3.99. The highest BCUT2D eigenvalue weighted by molar-refractivity contribution is 5.99. The Hall–Kier alpha value is -1.59. The van der Waals surface area contributed by atoms with Gasteiger partial charge in [0, 0.05) is 5.92 Å². The van der Waals surface area contributed by atoms with Crippen molar-refractivity contribution in [3.63, 3.8) is 0 Å². The highest BCUT2D eigenvalue weighted by atomic mass is 16.4. The molecule has 6 nitrogen and oxygen atoms in total. The van der Waals surface area contributed by atoms with Gasteiger partial charge in [-0.1, -0.05) is 25.7 Å². The van der Waals surface area contributed by atoms with E-state index in [-0.39, 0.29) is 6.42 Å². The molecule has 0 spiro atoms. The van der Waals surface area contributed by atoms with Gasteiger partial charge in [-0.2, -0.15) is 0 Å². The smallest absolute Gasteiger partial charge is 0.414 e. The molecule has 2 aliphatic rings. The predicted molar refractivity (Wildman–Crippen MR) is 61.0 cm³/mol. The standard InChI is InChI=1S/C12H17NO5/c14-10-8(5-7-3-1-2-4-7)6-9(11(15)16)13(10)12(17)18/h7-9H,1-6H2,(H,15,16)(H,17,18)/t8?,9-/m0/s1. The number of carboxylic acids is 1. The molecule has 2 N–H and O–H groups in total. The van der Waals surface area contributed by atoms with Crippen molar-refractivity contribution in [2.24, 2.45) is 11.8 Å². The first-order valence-corrected chi connectivity index (χ1v) is 6.29. The molecule has 0 aromatic heterocycles. The highest BCUT2D eigenvalue weighted by Crippen LogP contribution is 2.36. The molecule has 0 bridgehead atoms. The molecule has 2 fully saturated rings. The number of hydrogen-bond donors (Lipinski definition) is 2. The largest absolute Gasteiger partial charge is 0.480 e. The van der Waals surface area contributed by atoms with Crippen molar-refractivity contribution in [2.75, 3.05) is 0 Å². The molecular formula is C12H17NO5. The Morgan fingerprint density at radius 1 is 1.22 bits per heavy atom. The molecule has 1 unspecified atom stereocenters. The number of amides is 2. The second-order valence-electron chi connectivity index (χ2n) is 5.16. The maximum Gasteiger partial charge on any atom is 0.414 e. The molecule has 1 saturated heterocycles. The molecule has 1 aliphatic carbocycles. The van der Waals surface area contributed by atoms with Crippen LogP contribution >= 0.6 is 0 Å². The summed E-state index contributed by atoms with van der Waals surface area (Å²) in [4.78, 5) is 34.4. The van der Waals surface area contributed by atoms with Crippen molar-refractivity contribution in [3.05, 3.63) is 0 Å². The van der Waals surface area contributed by atoms with Gasteiger partial charge in [0.1, 0.15) is 6.04 Å². The van der Waals surface area contributed by atoms with Gasteiger partial charge in [0.25, 0.3) is 0 Å². The van der Waals surface area contributed by atoms with Gasteiger partial charge in [0.05, 0.1) is 0 Å². The summed E-state index contributed by atoms with van der Waals surface area (Å²) in [5.41, 5.74) is 0. The fourth-order valence-electron chi connectivity index (χ4n) is 3.11. The first-order valence-electron chi connectivity index (χ1n) is 6.29. The Balaban J connectivity index is 2.07. The Labute approximate surface area is 105 Å². The van der Waals surface area contributed by atoms with E-state index in [1.54, 1.807) is 0 Å². The minimum absolute atomic E-state index is 0.122. The van der Waals surface area contributed by atoms with E-state index in [1.165, 1.54) is 0 Å². The van der Waals surface area contributed by atoms with Crippen molar-refractivity contribution in [1.82, 2.24) is 4.90 Å². The van der Waals surface area contributed by atoms with E-state index in [0.717, 1.165) is 25.7 Å². The van der Waals surface area contributed by atoms with E-state index in [2.05, 4.69) is 0 Å². The summed E-state index contributed by atoms with van der Waals surface area (Å²) in [6, 6.07) is -1.21. The van der Waals surface area contributed by atoms with Crippen molar-refractivity contribution in [3.8, 4) is 0 Å². The van der Waals surface area contributed by atoms with Gasteiger partial charge < -0.3 is 10.2 Å². The first-order chi connectivity index (χ1) is 8.50. The summed E-state index contributed by atoms with van der Waals surface area (Å²) >= 11 is 0. The average molecular weight is 255 g/mol.